The summed E-state index contributed by atoms with van der Waals surface area (Å²) in [5.41, 5.74) is 4.21. The number of aryl methyl sites for hydroxylation is 2. The van der Waals surface area contributed by atoms with E-state index in [0.717, 1.165) is 0 Å². The third-order valence-electron chi connectivity index (χ3n) is 7.60. The number of carbonyl (C=O) groups is 4. The van der Waals surface area contributed by atoms with Gasteiger partial charge < -0.3 is 24.3 Å². The maximum Gasteiger partial charge on any atom is 0.340 e. The van der Waals surface area contributed by atoms with Crippen LogP contribution in [0.15, 0.2) is 58.9 Å². The molecule has 1 aliphatic rings. The Balaban J connectivity index is 0.000000270. The zero-order valence-electron chi connectivity index (χ0n) is 28.7. The fourth-order valence-electron chi connectivity index (χ4n) is 5.53. The molecule has 266 valence electrons. The zero-order valence-corrected chi connectivity index (χ0v) is 31.7. The molecule has 0 bridgehead atoms. The number of dihydropyridines is 1. The molecule has 4 rings (SSSR count). The number of nitrogens with one attached hydrogen (secondary N) is 1. The van der Waals surface area contributed by atoms with Gasteiger partial charge in [-0.1, -0.05) is 70.7 Å². The van der Waals surface area contributed by atoms with E-state index >= 15 is 0 Å². The van der Waals surface area contributed by atoms with E-state index in [4.69, 9.17) is 65.4 Å². The summed E-state index contributed by atoms with van der Waals surface area (Å²) in [6.45, 7) is 10.6. The lowest BCUT2D eigenvalue weighted by Gasteiger charge is -2.30. The van der Waals surface area contributed by atoms with E-state index in [2.05, 4.69) is 10.3 Å². The van der Waals surface area contributed by atoms with Crippen molar-refractivity contribution in [3.8, 4) is 11.1 Å². The molecule has 0 saturated heterocycles. The molecule has 1 aromatic heterocycles. The van der Waals surface area contributed by atoms with Crippen molar-refractivity contribution in [2.75, 3.05) is 27.4 Å². The Kier molecular flexibility index (Phi) is 14.3. The summed E-state index contributed by atoms with van der Waals surface area (Å²) in [4.78, 5) is 54.2. The van der Waals surface area contributed by atoms with E-state index in [-0.39, 0.29) is 34.4 Å². The lowest BCUT2D eigenvalue weighted by atomic mass is 9.80. The molecule has 14 heteroatoms. The Labute approximate surface area is 310 Å². The van der Waals surface area contributed by atoms with Crippen LogP contribution in [0.3, 0.4) is 0 Å². The van der Waals surface area contributed by atoms with Crippen molar-refractivity contribution < 1.29 is 38.1 Å². The minimum absolute atomic E-state index is 0.153. The number of hydrogen-bond donors (Lipinski definition) is 1. The Morgan fingerprint density at radius 2 is 1.16 bits per heavy atom. The number of carbonyl (C=O) groups excluding carboxylic acids is 4. The van der Waals surface area contributed by atoms with Crippen LogP contribution in [-0.4, -0.2) is 56.3 Å². The van der Waals surface area contributed by atoms with Crippen molar-refractivity contribution in [1.29, 1.82) is 0 Å². The second-order valence-electron chi connectivity index (χ2n) is 10.7. The van der Waals surface area contributed by atoms with Gasteiger partial charge in [-0.15, -0.1) is 0 Å². The van der Waals surface area contributed by atoms with E-state index in [1.807, 2.05) is 0 Å². The molecule has 0 radical (unpaired) electrons. The van der Waals surface area contributed by atoms with Crippen molar-refractivity contribution >= 4 is 70.3 Å². The number of ether oxygens (including phenoxy) is 4. The van der Waals surface area contributed by atoms with Gasteiger partial charge in [0, 0.05) is 22.5 Å². The highest BCUT2D eigenvalue weighted by atomic mass is 35.5. The van der Waals surface area contributed by atoms with Crippen molar-refractivity contribution in [2.24, 2.45) is 0 Å². The molecule has 2 aromatic carbocycles. The van der Waals surface area contributed by atoms with Gasteiger partial charge >= 0.3 is 23.9 Å². The summed E-state index contributed by atoms with van der Waals surface area (Å²) in [5, 5.41) is 4.19. The summed E-state index contributed by atoms with van der Waals surface area (Å²) in [5.74, 6) is -3.04. The van der Waals surface area contributed by atoms with Crippen LogP contribution in [0.4, 0.5) is 0 Å². The fraction of sp³-hybridized carbons (Fsp3) is 0.306. The van der Waals surface area contributed by atoms with Crippen LogP contribution in [0.2, 0.25) is 20.1 Å². The number of halogens is 4. The van der Waals surface area contributed by atoms with Gasteiger partial charge in [-0.05, 0) is 59.2 Å². The number of methoxy groups -OCH3 is 2. The number of esters is 4. The monoisotopic (exact) mass is 764 g/mol. The summed E-state index contributed by atoms with van der Waals surface area (Å²) in [6.07, 6.45) is 0. The van der Waals surface area contributed by atoms with Crippen LogP contribution in [0.25, 0.3) is 11.1 Å². The number of allylic oxidation sites excluding steroid dienone is 2. The SMILES string of the molecule is CCOC(=O)C1=C(C)NC(C)=C(C(=O)OC)C1c1cccc(Cl)c1Cl.CCOC(=O)c1c(C)nc(C)c(C(=O)OC)c1-c1cccc(Cl)c1Cl. The van der Waals surface area contributed by atoms with Crippen LogP contribution in [0.1, 0.15) is 71.3 Å². The van der Waals surface area contributed by atoms with Gasteiger partial charge in [0.05, 0.1) is 87.1 Å². The number of rotatable bonds is 8. The molecule has 0 aliphatic carbocycles. The number of hydrogen-bond acceptors (Lipinski definition) is 10. The third kappa shape index (κ3) is 8.43. The third-order valence-corrected chi connectivity index (χ3v) is 9.25. The van der Waals surface area contributed by atoms with Crippen LogP contribution in [0, 0.1) is 13.8 Å². The summed E-state index contributed by atoms with van der Waals surface area (Å²) < 4.78 is 20.1. The van der Waals surface area contributed by atoms with Gasteiger partial charge in [0.25, 0.3) is 0 Å². The van der Waals surface area contributed by atoms with Crippen molar-refractivity contribution in [3.05, 3.63) is 107 Å². The molecule has 0 amide bonds. The summed E-state index contributed by atoms with van der Waals surface area (Å²) in [7, 11) is 2.55. The first kappa shape index (κ1) is 40.3. The topological polar surface area (TPSA) is 130 Å². The molecular formula is C36H36Cl4N2O8. The largest absolute Gasteiger partial charge is 0.466 e. The standard InChI is InChI=1S/C18H19Cl2NO4.C18H17Cl2NO4/c2*1-5-25-18(23)14-10(3)21-9(2)13(17(22)24-4)15(14)11-7-6-8-12(19)16(11)20/h6-8,15,21H,5H2,1-4H3;6-8H,5H2,1-4H3. The van der Waals surface area contributed by atoms with E-state index in [1.54, 1.807) is 77.9 Å². The Morgan fingerprint density at radius 3 is 1.70 bits per heavy atom. The molecule has 3 aromatic rings. The van der Waals surface area contributed by atoms with E-state index in [9.17, 15) is 19.2 Å². The van der Waals surface area contributed by atoms with Crippen LogP contribution in [-0.2, 0) is 28.5 Å². The highest BCUT2D eigenvalue weighted by molar-refractivity contribution is 6.44. The molecule has 1 N–H and O–H groups in total. The fourth-order valence-corrected chi connectivity index (χ4v) is 6.34. The molecule has 0 spiro atoms. The van der Waals surface area contributed by atoms with Gasteiger partial charge in [0.15, 0.2) is 0 Å². The first-order valence-electron chi connectivity index (χ1n) is 15.2. The van der Waals surface area contributed by atoms with Crippen LogP contribution in [0.5, 0.6) is 0 Å². The van der Waals surface area contributed by atoms with Gasteiger partial charge in [0.1, 0.15) is 0 Å². The maximum atomic E-state index is 12.6. The first-order chi connectivity index (χ1) is 23.7. The Hall–Kier alpha value is -4.09. The number of nitrogens with zero attached hydrogens (tertiary/aromatic N) is 1. The summed E-state index contributed by atoms with van der Waals surface area (Å²) >= 11 is 25.0. The maximum absolute atomic E-state index is 12.6. The lowest BCUT2D eigenvalue weighted by Crippen LogP contribution is -2.32. The molecule has 1 unspecified atom stereocenters. The van der Waals surface area contributed by atoms with Gasteiger partial charge in [0.2, 0.25) is 0 Å². The Morgan fingerprint density at radius 1 is 0.680 bits per heavy atom. The van der Waals surface area contributed by atoms with E-state index in [0.29, 0.717) is 60.7 Å². The second-order valence-corrected chi connectivity index (χ2v) is 12.3. The quantitative estimate of drug-likeness (QED) is 0.176. The van der Waals surface area contributed by atoms with Crippen LogP contribution >= 0.6 is 46.4 Å². The molecule has 0 fully saturated rings. The predicted molar refractivity (Wildman–Crippen MR) is 193 cm³/mol. The molecule has 10 nitrogen and oxygen atoms in total. The highest BCUT2D eigenvalue weighted by Gasteiger charge is 2.39. The second kappa shape index (κ2) is 17.7. The predicted octanol–water partition coefficient (Wildman–Crippen LogP) is 8.60. The normalized spacial score (nSPS) is 13.9. The first-order valence-corrected chi connectivity index (χ1v) is 16.8. The van der Waals surface area contributed by atoms with Gasteiger partial charge in [-0.2, -0.15) is 0 Å². The molecular weight excluding hydrogens is 730 g/mol. The number of pyridine rings is 1. The van der Waals surface area contributed by atoms with Gasteiger partial charge in [-0.3, -0.25) is 4.98 Å². The van der Waals surface area contributed by atoms with Crippen LogP contribution < -0.4 is 5.32 Å². The average Bonchev–Trinajstić information content (AvgIpc) is 3.06. The molecule has 0 saturated carbocycles. The van der Waals surface area contributed by atoms with E-state index < -0.39 is 29.8 Å². The van der Waals surface area contributed by atoms with Crippen molar-refractivity contribution in [1.82, 2.24) is 10.3 Å². The molecule has 2 heterocycles. The van der Waals surface area contributed by atoms with Crippen molar-refractivity contribution in [3.63, 3.8) is 0 Å². The molecule has 1 atom stereocenters. The number of benzene rings is 2. The summed E-state index contributed by atoms with van der Waals surface area (Å²) in [6, 6.07) is 10.1. The molecule has 50 heavy (non-hydrogen) atoms. The smallest absolute Gasteiger partial charge is 0.340 e. The Bertz CT molecular complexity index is 1900. The number of aromatic nitrogens is 1. The van der Waals surface area contributed by atoms with E-state index in [1.165, 1.54) is 14.2 Å². The minimum atomic E-state index is -0.737. The minimum Gasteiger partial charge on any atom is -0.466 e. The van der Waals surface area contributed by atoms with Crippen molar-refractivity contribution in [2.45, 2.75) is 47.5 Å². The average molecular weight is 767 g/mol. The molecule has 1 aliphatic heterocycles. The highest BCUT2D eigenvalue weighted by Crippen LogP contribution is 2.44. The lowest BCUT2D eigenvalue weighted by molar-refractivity contribution is -0.139. The zero-order chi connectivity index (χ0) is 37.4. The van der Waals surface area contributed by atoms with Gasteiger partial charge in [-0.25, -0.2) is 19.2 Å².